The van der Waals surface area contributed by atoms with Crippen molar-refractivity contribution in [2.45, 2.75) is 580 Å². The molecule has 3 heteroatoms. The fraction of sp³-hybridized carbons (Fsp3) is 0.849. The van der Waals surface area contributed by atoms with Crippen LogP contribution in [0.15, 0.2) is 47.5 Å². The normalized spacial score (nSPS) is 12.5. The average Bonchev–Trinajstić information content (AvgIpc) is 1.60. The Kier molecular flexibility index (Phi) is 76.8. The van der Waals surface area contributed by atoms with Gasteiger partial charge in [0.05, 0.1) is 0 Å². The van der Waals surface area contributed by atoms with Crippen LogP contribution in [0.3, 0.4) is 0 Å². The molecule has 1 heterocycles. The van der Waals surface area contributed by atoms with Gasteiger partial charge in [-0.25, -0.2) is 4.70 Å². The van der Waals surface area contributed by atoms with Crippen LogP contribution < -0.4 is 0 Å². The van der Waals surface area contributed by atoms with E-state index in [2.05, 4.69) is 91.8 Å². The number of nitrogens with zero attached hydrogens (tertiary/aromatic N) is 2. The van der Waals surface area contributed by atoms with E-state index in [9.17, 15) is 5.53 Å². The molecule has 0 saturated carbocycles. The van der Waals surface area contributed by atoms with E-state index in [4.69, 9.17) is 0 Å². The van der Waals surface area contributed by atoms with Crippen LogP contribution in [0, 0.1) is 0 Å². The van der Waals surface area contributed by atoms with Crippen molar-refractivity contribution in [2.75, 3.05) is 0 Å². The Morgan fingerprint density at radius 3 is 0.560 bits per heavy atom. The summed E-state index contributed by atoms with van der Waals surface area (Å²) >= 11 is 2.01. The van der Waals surface area contributed by atoms with Gasteiger partial charge in [-0.3, -0.25) is 0 Å². The van der Waals surface area contributed by atoms with E-state index in [1.54, 1.807) is 4.70 Å². The Balaban J connectivity index is 0.00000209. The topological polar surface area (TPSA) is 25.3 Å². The molecular weight excluding hydrogens is 1360 g/mol. The molecule has 1 aliphatic heterocycles. The van der Waals surface area contributed by atoms with Crippen LogP contribution in [-0.2, 0) is 40.1 Å². The zero-order chi connectivity index (χ0) is 78.3. The monoisotopic (exact) mass is 1550 g/mol. The minimum atomic E-state index is 1.03. The van der Waals surface area contributed by atoms with Gasteiger partial charge in [0.15, 0.2) is 0 Å². The molecule has 109 heavy (non-hydrogen) atoms. The fourth-order valence-corrected chi connectivity index (χ4v) is 18.5. The van der Waals surface area contributed by atoms with Gasteiger partial charge in [0.1, 0.15) is 0 Å². The van der Waals surface area contributed by atoms with Crippen molar-refractivity contribution in [3.05, 3.63) is 86.5 Å². The SMILES string of the molecule is CCCCCCCCCCCCCCCCCCCCCCCCCCCCc1cc(CCCC)cc(C2=C(CCCC)C(CCCCCC)=C(c3cc(CCCC)cc(CCCCCCCCCCCCCCCCCCCCCCCCCCCC)c3)[N+]2=[N-])c1.CCCCCCC[CH2][Ni][CH2]CCCCCCC. The van der Waals surface area contributed by atoms with Gasteiger partial charge >= 0.3 is 116 Å². The zero-order valence-electron chi connectivity index (χ0n) is 75.7. The second-order valence-corrected chi connectivity index (χ2v) is 36.8. The second kappa shape index (κ2) is 81.2. The molecule has 0 bridgehead atoms. The van der Waals surface area contributed by atoms with Crippen LogP contribution in [0.2, 0.25) is 10.8 Å². The summed E-state index contributed by atoms with van der Waals surface area (Å²) in [6.45, 7) is 18.6. The Morgan fingerprint density at radius 2 is 0.339 bits per heavy atom. The molecule has 0 amide bonds. The molecule has 638 valence electrons. The molecule has 0 saturated heterocycles. The van der Waals surface area contributed by atoms with Crippen molar-refractivity contribution in [3.63, 3.8) is 0 Å². The average molecular weight is 1560 g/mol. The van der Waals surface area contributed by atoms with Gasteiger partial charge < -0.3 is 5.53 Å². The number of allylic oxidation sites excluding steroid dienone is 2. The van der Waals surface area contributed by atoms with Gasteiger partial charge in [0.2, 0.25) is 11.4 Å². The molecule has 2 nitrogen and oxygen atoms in total. The Bertz CT molecular complexity index is 2300. The molecule has 2 aromatic rings. The summed E-state index contributed by atoms with van der Waals surface area (Å²) in [5.74, 6) is 0. The van der Waals surface area contributed by atoms with Crippen molar-refractivity contribution in [1.82, 2.24) is 0 Å². The molecule has 0 aliphatic carbocycles. The van der Waals surface area contributed by atoms with E-state index in [1.807, 2.05) is 14.4 Å². The number of aryl methyl sites for hydroxylation is 4. The molecule has 0 spiro atoms. The third kappa shape index (κ3) is 60.2. The molecule has 0 fully saturated rings. The first kappa shape index (κ1) is 103. The third-order valence-electron chi connectivity index (χ3n) is 24.5. The standard InChI is InChI=1S/C90H160N2.2C8H17.Ni/c1-7-13-19-22-24-26-28-30-32-34-36-38-40-42-44-46-48-50-52-54-56-58-60-62-64-66-71-83-75-81(69-16-10-4)77-85(79-83)89-87(73-18-12-6)88(74-68-21-15-9-3)90(92(89)91)86-78-82(70-17-11-5)76-84(80-86)72-67-65-63-61-59-57-55-53-51-49-47-45-43-41-39-37-35-33-31-29-27-25-23-20-14-8-2;2*1-3-5-7-8-6-4-2;/h75-80H,7-74H2,1-6H3;2*1,3-8H2,2H3;. The van der Waals surface area contributed by atoms with Gasteiger partial charge in [0.25, 0.3) is 0 Å². The van der Waals surface area contributed by atoms with Gasteiger partial charge in [-0.15, -0.1) is 0 Å². The molecule has 0 radical (unpaired) electrons. The van der Waals surface area contributed by atoms with Crippen LogP contribution in [0.4, 0.5) is 0 Å². The minimum absolute atomic E-state index is 1.03. The number of hydrogen-bond acceptors (Lipinski definition) is 0. The first-order valence-electron chi connectivity index (χ1n) is 50.6. The summed E-state index contributed by atoms with van der Waals surface area (Å²) in [7, 11) is 0. The predicted octanol–water partition coefficient (Wildman–Crippen LogP) is 38.7. The summed E-state index contributed by atoms with van der Waals surface area (Å²) in [6, 6.07) is 15.0. The number of benzene rings is 2. The van der Waals surface area contributed by atoms with Crippen molar-refractivity contribution in [1.29, 1.82) is 0 Å². The first-order chi connectivity index (χ1) is 53.9. The molecule has 0 N–H and O–H groups in total. The Morgan fingerprint density at radius 1 is 0.183 bits per heavy atom. The molecule has 1 aliphatic rings. The third-order valence-corrected chi connectivity index (χ3v) is 25.9. The predicted molar refractivity (Wildman–Crippen MR) is 491 cm³/mol. The molecule has 0 unspecified atom stereocenters. The summed E-state index contributed by atoms with van der Waals surface area (Å²) in [5.41, 5.74) is 26.4. The van der Waals surface area contributed by atoms with Crippen molar-refractivity contribution in [2.24, 2.45) is 0 Å². The van der Waals surface area contributed by atoms with E-state index < -0.39 is 0 Å². The van der Waals surface area contributed by atoms with Crippen LogP contribution in [0.25, 0.3) is 16.9 Å². The van der Waals surface area contributed by atoms with E-state index in [-0.39, 0.29) is 0 Å². The zero-order valence-corrected chi connectivity index (χ0v) is 76.6. The first-order valence-corrected chi connectivity index (χ1v) is 52.0. The van der Waals surface area contributed by atoms with E-state index in [1.165, 1.54) is 524 Å². The summed E-state index contributed by atoms with van der Waals surface area (Å²) in [5, 5.41) is 2.85. The van der Waals surface area contributed by atoms with Crippen molar-refractivity contribution >= 4 is 11.4 Å². The number of unbranched alkanes of at least 4 members (excludes halogenated alkanes) is 66. The molecule has 0 aromatic heterocycles. The van der Waals surface area contributed by atoms with Crippen LogP contribution in [-0.4, -0.2) is 4.70 Å². The molecule has 2 aromatic carbocycles. The summed E-state index contributed by atoms with van der Waals surface area (Å²) in [4.78, 5) is 0. The van der Waals surface area contributed by atoms with Crippen molar-refractivity contribution < 1.29 is 19.1 Å². The summed E-state index contributed by atoms with van der Waals surface area (Å²) in [6.07, 6.45) is 111. The molecular formula is C106H194N2Ni. The van der Waals surface area contributed by atoms with E-state index >= 15 is 0 Å². The van der Waals surface area contributed by atoms with Gasteiger partial charge in [-0.1, -0.05) is 413 Å². The fourth-order valence-electron chi connectivity index (χ4n) is 17.3. The second-order valence-electron chi connectivity index (χ2n) is 35.4. The van der Waals surface area contributed by atoms with Crippen LogP contribution >= 0.6 is 0 Å². The van der Waals surface area contributed by atoms with E-state index in [0.717, 1.165) is 56.3 Å². The number of hydrogen-bond donors (Lipinski definition) is 0. The number of rotatable bonds is 84. The van der Waals surface area contributed by atoms with Gasteiger partial charge in [-0.05, 0) is 124 Å². The van der Waals surface area contributed by atoms with Crippen LogP contribution in [0.1, 0.15) is 577 Å². The van der Waals surface area contributed by atoms with Gasteiger partial charge in [-0.2, -0.15) is 0 Å². The van der Waals surface area contributed by atoms with Crippen molar-refractivity contribution in [3.8, 4) is 0 Å². The maximum atomic E-state index is 13.0. The molecule has 0 atom stereocenters. The Labute approximate surface area is 692 Å². The van der Waals surface area contributed by atoms with Gasteiger partial charge in [0, 0.05) is 22.3 Å². The quantitative estimate of drug-likeness (QED) is 0.0358. The molecule has 3 rings (SSSR count). The summed E-state index contributed by atoms with van der Waals surface area (Å²) < 4.78 is 1.73. The van der Waals surface area contributed by atoms with Crippen LogP contribution in [0.5, 0.6) is 0 Å². The maximum absolute atomic E-state index is 13.0. The Hall–Kier alpha value is -1.99. The van der Waals surface area contributed by atoms with E-state index in [0.29, 0.717) is 0 Å².